The van der Waals surface area contributed by atoms with E-state index in [4.69, 9.17) is 15.2 Å². The molecule has 10 atom stereocenters. The lowest BCUT2D eigenvalue weighted by Gasteiger charge is -2.35. The average Bonchev–Trinajstić information content (AvgIpc) is 2.98. The summed E-state index contributed by atoms with van der Waals surface area (Å²) in [7, 11) is -10.7. The molecule has 0 amide bonds. The van der Waals surface area contributed by atoms with Gasteiger partial charge >= 0.3 is 21.3 Å². The van der Waals surface area contributed by atoms with Crippen LogP contribution in [-0.4, -0.2) is 89.3 Å². The number of phosphoric ester groups is 2. The van der Waals surface area contributed by atoms with Crippen molar-refractivity contribution in [3.63, 3.8) is 0 Å². The SMILES string of the molecule is CC1OC(OP(=O)(O)OP(=O)(O)OCC2OC(n3ccc(N)nc3=O)C(O)C2O)C(O)CC1O. The van der Waals surface area contributed by atoms with E-state index in [1.54, 1.807) is 0 Å². The van der Waals surface area contributed by atoms with Crippen molar-refractivity contribution in [3.05, 3.63) is 22.7 Å². The van der Waals surface area contributed by atoms with Crippen molar-refractivity contribution in [3.8, 4) is 0 Å². The van der Waals surface area contributed by atoms with E-state index < -0.39 is 77.1 Å². The maximum absolute atomic E-state index is 12.1. The molecule has 0 saturated carbocycles. The molecule has 8 N–H and O–H groups in total. The van der Waals surface area contributed by atoms with E-state index in [1.807, 2.05) is 0 Å². The zero-order valence-electron chi connectivity index (χ0n) is 17.5. The predicted octanol–water partition coefficient (Wildman–Crippen LogP) is -2.45. The second kappa shape index (κ2) is 10.4. The highest BCUT2D eigenvalue weighted by atomic mass is 31.3. The molecule has 17 nitrogen and oxygen atoms in total. The monoisotopic (exact) mass is 533 g/mol. The summed E-state index contributed by atoms with van der Waals surface area (Å²) in [6.45, 7) is 0.477. The highest BCUT2D eigenvalue weighted by molar-refractivity contribution is 7.61. The molecule has 2 fully saturated rings. The first-order valence-electron chi connectivity index (χ1n) is 9.77. The first-order valence-corrected chi connectivity index (χ1v) is 12.8. The number of nitrogens with zero attached hydrogens (tertiary/aromatic N) is 2. The lowest BCUT2D eigenvalue weighted by molar-refractivity contribution is -0.233. The van der Waals surface area contributed by atoms with Crippen molar-refractivity contribution >= 4 is 21.5 Å². The second-order valence-electron chi connectivity index (χ2n) is 7.59. The standard InChI is InChI=1S/C15H25N3O14P2/c1-6-7(19)4-8(20)14(29-6)31-34(26,27)32-33(24,25)28-5-9-11(21)12(22)13(30-9)18-3-2-10(16)17-15(18)23/h2-3,6-9,11-14,19-22H,4-5H2,1H3,(H,24,25)(H,26,27)(H2,16,17,23). The van der Waals surface area contributed by atoms with Crippen LogP contribution in [0, 0.1) is 0 Å². The fraction of sp³-hybridized carbons (Fsp3) is 0.733. The van der Waals surface area contributed by atoms with Gasteiger partial charge in [-0.3, -0.25) is 13.6 Å². The molecule has 0 radical (unpaired) electrons. The molecule has 194 valence electrons. The van der Waals surface area contributed by atoms with E-state index in [2.05, 4.69) is 18.3 Å². The Kier molecular flexibility index (Phi) is 8.32. The van der Waals surface area contributed by atoms with Gasteiger partial charge in [0.25, 0.3) is 0 Å². The summed E-state index contributed by atoms with van der Waals surface area (Å²) in [5.41, 5.74) is 4.48. The lowest BCUT2D eigenvalue weighted by atomic mass is 10.0. The van der Waals surface area contributed by atoms with Gasteiger partial charge in [-0.15, -0.1) is 0 Å². The van der Waals surface area contributed by atoms with Crippen LogP contribution >= 0.6 is 15.6 Å². The number of rotatable bonds is 8. The van der Waals surface area contributed by atoms with Crippen LogP contribution < -0.4 is 11.4 Å². The quantitative estimate of drug-likeness (QED) is 0.171. The largest absolute Gasteiger partial charge is 0.483 e. The highest BCUT2D eigenvalue weighted by Crippen LogP contribution is 2.61. The minimum Gasteiger partial charge on any atom is -0.390 e. The summed E-state index contributed by atoms with van der Waals surface area (Å²) in [5, 5.41) is 39.7. The van der Waals surface area contributed by atoms with E-state index in [1.165, 1.54) is 13.0 Å². The van der Waals surface area contributed by atoms with Gasteiger partial charge in [0.15, 0.2) is 12.5 Å². The van der Waals surface area contributed by atoms with Gasteiger partial charge in [0.05, 0.1) is 18.8 Å². The number of hydrogen-bond acceptors (Lipinski definition) is 14. The number of aliphatic hydroxyl groups excluding tert-OH is 4. The predicted molar refractivity (Wildman–Crippen MR) is 108 cm³/mol. The van der Waals surface area contributed by atoms with Gasteiger partial charge in [-0.05, 0) is 13.0 Å². The number of phosphoric acid groups is 2. The fourth-order valence-electron chi connectivity index (χ4n) is 3.23. The molecule has 3 heterocycles. The van der Waals surface area contributed by atoms with Gasteiger partial charge in [0, 0.05) is 12.6 Å². The van der Waals surface area contributed by atoms with E-state index in [9.17, 15) is 44.1 Å². The van der Waals surface area contributed by atoms with Crippen LogP contribution in [-0.2, 0) is 32.0 Å². The van der Waals surface area contributed by atoms with Crippen LogP contribution in [0.2, 0.25) is 0 Å². The lowest BCUT2D eigenvalue weighted by Crippen LogP contribution is -2.46. The number of anilines is 1. The molecular formula is C15H25N3O14P2. The smallest absolute Gasteiger partial charge is 0.390 e. The minimum atomic E-state index is -5.35. The molecule has 2 aliphatic heterocycles. The summed E-state index contributed by atoms with van der Waals surface area (Å²) in [5.74, 6) is -0.0973. The number of nitrogen functional groups attached to an aromatic ring is 1. The maximum Gasteiger partial charge on any atom is 0.483 e. The average molecular weight is 533 g/mol. The normalized spacial score (nSPS) is 37.7. The van der Waals surface area contributed by atoms with E-state index >= 15 is 0 Å². The number of ether oxygens (including phenoxy) is 2. The Morgan fingerprint density at radius 1 is 1.15 bits per heavy atom. The molecule has 2 saturated heterocycles. The first kappa shape index (κ1) is 27.3. The van der Waals surface area contributed by atoms with Crippen molar-refractivity contribution in [1.29, 1.82) is 0 Å². The van der Waals surface area contributed by atoms with Gasteiger partial charge in [0.2, 0.25) is 0 Å². The van der Waals surface area contributed by atoms with Gasteiger partial charge in [0.1, 0.15) is 30.2 Å². The van der Waals surface area contributed by atoms with E-state index in [0.717, 1.165) is 10.8 Å². The van der Waals surface area contributed by atoms with Gasteiger partial charge in [-0.1, -0.05) is 0 Å². The Labute approximate surface area is 191 Å². The Bertz CT molecular complexity index is 1020. The number of nitrogens with two attached hydrogens (primary N) is 1. The van der Waals surface area contributed by atoms with Gasteiger partial charge < -0.3 is 45.4 Å². The molecule has 1 aromatic rings. The summed E-state index contributed by atoms with van der Waals surface area (Å²) in [6.07, 6.45) is -10.7. The molecule has 3 rings (SSSR count). The fourth-order valence-corrected chi connectivity index (χ4v) is 5.40. The molecule has 0 bridgehead atoms. The molecular weight excluding hydrogens is 508 g/mol. The van der Waals surface area contributed by atoms with Crippen LogP contribution in [0.15, 0.2) is 17.1 Å². The van der Waals surface area contributed by atoms with Crippen LogP contribution in [0.3, 0.4) is 0 Å². The Morgan fingerprint density at radius 2 is 1.82 bits per heavy atom. The Morgan fingerprint density at radius 3 is 2.47 bits per heavy atom. The van der Waals surface area contributed by atoms with Gasteiger partial charge in [-0.2, -0.15) is 9.29 Å². The minimum absolute atomic E-state index is 0.0973. The Balaban J connectivity index is 1.59. The first-order chi connectivity index (χ1) is 15.7. The number of hydrogen-bond donors (Lipinski definition) is 7. The number of aromatic nitrogens is 2. The Hall–Kier alpha value is -1.30. The third kappa shape index (κ3) is 6.47. The molecule has 2 aliphatic rings. The molecule has 0 spiro atoms. The highest BCUT2D eigenvalue weighted by Gasteiger charge is 2.47. The summed E-state index contributed by atoms with van der Waals surface area (Å²) < 4.78 is 48.7. The van der Waals surface area contributed by atoms with Crippen LogP contribution in [0.4, 0.5) is 5.82 Å². The van der Waals surface area contributed by atoms with E-state index in [0.29, 0.717) is 0 Å². The van der Waals surface area contributed by atoms with E-state index in [-0.39, 0.29) is 12.2 Å². The second-order valence-corrected chi connectivity index (χ2v) is 10.6. The van der Waals surface area contributed by atoms with Crippen molar-refractivity contribution in [2.24, 2.45) is 0 Å². The van der Waals surface area contributed by atoms with Gasteiger partial charge in [-0.25, -0.2) is 13.9 Å². The molecule has 10 unspecified atom stereocenters. The van der Waals surface area contributed by atoms with Crippen molar-refractivity contribution < 1.29 is 62.2 Å². The molecule has 1 aromatic heterocycles. The van der Waals surface area contributed by atoms with Crippen LogP contribution in [0.1, 0.15) is 19.6 Å². The van der Waals surface area contributed by atoms with Crippen molar-refractivity contribution in [2.45, 2.75) is 62.5 Å². The molecule has 0 aromatic carbocycles. The van der Waals surface area contributed by atoms with Crippen molar-refractivity contribution in [2.75, 3.05) is 12.3 Å². The van der Waals surface area contributed by atoms with Crippen LogP contribution in [0.5, 0.6) is 0 Å². The topological polar surface area (TPSA) is 263 Å². The third-order valence-electron chi connectivity index (χ3n) is 5.00. The summed E-state index contributed by atoms with van der Waals surface area (Å²) in [6, 6.07) is 1.23. The summed E-state index contributed by atoms with van der Waals surface area (Å²) in [4.78, 5) is 34.9. The molecule has 19 heteroatoms. The van der Waals surface area contributed by atoms with Crippen molar-refractivity contribution in [1.82, 2.24) is 9.55 Å². The van der Waals surface area contributed by atoms with Crippen LogP contribution in [0.25, 0.3) is 0 Å². The maximum atomic E-state index is 12.1. The zero-order chi connectivity index (χ0) is 25.4. The molecule has 0 aliphatic carbocycles. The molecule has 34 heavy (non-hydrogen) atoms. The summed E-state index contributed by atoms with van der Waals surface area (Å²) >= 11 is 0. The number of aliphatic hydroxyl groups is 4. The third-order valence-corrected chi connectivity index (χ3v) is 7.60. The zero-order valence-corrected chi connectivity index (χ0v) is 19.3.